The minimum Gasteiger partial charge on any atom is -0.322 e. The minimum atomic E-state index is -2.46. The third-order valence-electron chi connectivity index (χ3n) is 2.33. The Hall–Kier alpha value is -1.66. The summed E-state index contributed by atoms with van der Waals surface area (Å²) in [5.74, 6) is -2.81. The molecule has 0 aliphatic heterocycles. The van der Waals surface area contributed by atoms with E-state index in [0.717, 1.165) is 0 Å². The molecule has 20 heavy (non-hydrogen) atoms. The number of hydrogen-bond donors (Lipinski definition) is 1. The number of carbonyl (C=O) groups excluding carboxylic acids is 1. The van der Waals surface area contributed by atoms with Crippen LogP contribution in [0, 0.1) is 0 Å². The Morgan fingerprint density at radius 3 is 2.55 bits per heavy atom. The van der Waals surface area contributed by atoms with Crippen LogP contribution in [0.15, 0.2) is 47.5 Å². The third-order valence-corrected chi connectivity index (χ3v) is 3.26. The number of nitrogens with one attached hydrogen (secondary N) is 1. The fourth-order valence-corrected chi connectivity index (χ4v) is 2.14. The third kappa shape index (κ3) is 4.18. The van der Waals surface area contributed by atoms with E-state index >= 15 is 0 Å². The number of halogens is 3. The van der Waals surface area contributed by atoms with E-state index in [1.54, 1.807) is 12.1 Å². The largest absolute Gasteiger partial charge is 0.322 e. The first-order valence-electron chi connectivity index (χ1n) is 5.52. The van der Waals surface area contributed by atoms with Gasteiger partial charge in [-0.3, -0.25) is 4.79 Å². The Balaban J connectivity index is 2.04. The molecule has 1 heterocycles. The fourth-order valence-electron chi connectivity index (χ4n) is 1.47. The second-order valence-electron chi connectivity index (χ2n) is 3.72. The van der Waals surface area contributed by atoms with Crippen molar-refractivity contribution in [3.05, 3.63) is 53.3 Å². The number of amides is 1. The molecule has 1 aromatic carbocycles. The molecule has 0 fully saturated rings. The molecule has 104 valence electrons. The second-order valence-corrected chi connectivity index (χ2v) is 5.17. The van der Waals surface area contributed by atoms with Gasteiger partial charge < -0.3 is 5.32 Å². The van der Waals surface area contributed by atoms with Gasteiger partial charge in [0.05, 0.1) is 0 Å². The predicted octanol–water partition coefficient (Wildman–Crippen LogP) is 4.30. The Kier molecular flexibility index (Phi) is 4.92. The van der Waals surface area contributed by atoms with E-state index in [9.17, 15) is 13.6 Å². The molecule has 0 aliphatic carbocycles. The van der Waals surface area contributed by atoms with E-state index in [2.05, 4.69) is 10.3 Å². The summed E-state index contributed by atoms with van der Waals surface area (Å²) in [5.41, 5.74) is 0.887. The summed E-state index contributed by atoms with van der Waals surface area (Å²) < 4.78 is 24.3. The summed E-state index contributed by atoms with van der Waals surface area (Å²) in [6, 6.07) is 9.13. The van der Waals surface area contributed by atoms with E-state index in [1.165, 1.54) is 30.5 Å². The van der Waals surface area contributed by atoms with Gasteiger partial charge in [0.2, 0.25) is 0 Å². The van der Waals surface area contributed by atoms with Gasteiger partial charge in [-0.1, -0.05) is 23.4 Å². The lowest BCUT2D eigenvalue weighted by Gasteiger charge is -2.06. The van der Waals surface area contributed by atoms with Crippen LogP contribution in [-0.2, 0) is 0 Å². The lowest BCUT2D eigenvalue weighted by Crippen LogP contribution is -2.11. The standard InChI is InChI=1S/C13H9ClF2N2OS/c14-11-7-8(5-6-17-11)12(19)18-9-1-3-10(4-2-9)20-13(15)16/h1-7,13H,(H,18,19). The molecule has 0 saturated heterocycles. The first kappa shape index (κ1) is 14.7. The lowest BCUT2D eigenvalue weighted by molar-refractivity contribution is 0.102. The van der Waals surface area contributed by atoms with E-state index in [4.69, 9.17) is 11.6 Å². The summed E-state index contributed by atoms with van der Waals surface area (Å²) in [6.07, 6.45) is 1.43. The SMILES string of the molecule is O=C(Nc1ccc(SC(F)F)cc1)c1ccnc(Cl)c1. The molecule has 2 aromatic rings. The average Bonchev–Trinajstić information content (AvgIpc) is 2.40. The molecule has 0 saturated carbocycles. The first-order valence-corrected chi connectivity index (χ1v) is 6.78. The smallest absolute Gasteiger partial charge is 0.288 e. The summed E-state index contributed by atoms with van der Waals surface area (Å²) in [6.45, 7) is 0. The number of benzene rings is 1. The number of carbonyl (C=O) groups is 1. The minimum absolute atomic E-state index is 0.223. The van der Waals surface area contributed by atoms with Crippen molar-refractivity contribution in [1.29, 1.82) is 0 Å². The Bertz CT molecular complexity index is 608. The molecule has 1 amide bonds. The number of nitrogens with zero attached hydrogens (tertiary/aromatic N) is 1. The van der Waals surface area contributed by atoms with Gasteiger partial charge >= 0.3 is 0 Å². The van der Waals surface area contributed by atoms with E-state index < -0.39 is 5.76 Å². The zero-order valence-corrected chi connectivity index (χ0v) is 11.6. The highest BCUT2D eigenvalue weighted by atomic mass is 35.5. The number of rotatable bonds is 4. The molecule has 0 radical (unpaired) electrons. The Morgan fingerprint density at radius 2 is 1.95 bits per heavy atom. The van der Waals surface area contributed by atoms with Crippen LogP contribution in [0.4, 0.5) is 14.5 Å². The molecule has 7 heteroatoms. The van der Waals surface area contributed by atoms with Crippen LogP contribution in [-0.4, -0.2) is 16.6 Å². The first-order chi connectivity index (χ1) is 9.54. The molecule has 0 aliphatic rings. The summed E-state index contributed by atoms with van der Waals surface area (Å²) in [7, 11) is 0. The topological polar surface area (TPSA) is 42.0 Å². The van der Waals surface area contributed by atoms with Gasteiger partial charge in [0, 0.05) is 22.3 Å². The maximum absolute atomic E-state index is 12.2. The quantitative estimate of drug-likeness (QED) is 0.675. The van der Waals surface area contributed by atoms with Crippen molar-refractivity contribution in [2.75, 3.05) is 5.32 Å². The van der Waals surface area contributed by atoms with Gasteiger partial charge in [-0.25, -0.2) is 4.98 Å². The Morgan fingerprint density at radius 1 is 1.25 bits per heavy atom. The number of hydrogen-bond acceptors (Lipinski definition) is 3. The van der Waals surface area contributed by atoms with Crippen molar-refractivity contribution in [2.45, 2.75) is 10.7 Å². The summed E-state index contributed by atoms with van der Waals surface area (Å²) in [5, 5.41) is 2.87. The van der Waals surface area contributed by atoms with Gasteiger partial charge in [-0.2, -0.15) is 8.78 Å². The number of aromatic nitrogens is 1. The molecule has 1 N–H and O–H groups in total. The van der Waals surface area contributed by atoms with Crippen molar-refractivity contribution >= 4 is 35.0 Å². The number of thioether (sulfide) groups is 1. The molecule has 0 unspecified atom stereocenters. The highest BCUT2D eigenvalue weighted by molar-refractivity contribution is 7.99. The van der Waals surface area contributed by atoms with Crippen LogP contribution in [0.3, 0.4) is 0 Å². The maximum Gasteiger partial charge on any atom is 0.288 e. The molecule has 2 rings (SSSR count). The van der Waals surface area contributed by atoms with Crippen molar-refractivity contribution in [3.8, 4) is 0 Å². The van der Waals surface area contributed by atoms with Gasteiger partial charge in [0.25, 0.3) is 11.7 Å². The van der Waals surface area contributed by atoms with Crippen molar-refractivity contribution in [1.82, 2.24) is 4.98 Å². The molecule has 0 atom stereocenters. The van der Waals surface area contributed by atoms with Crippen LogP contribution < -0.4 is 5.32 Å². The van der Waals surface area contributed by atoms with Crippen molar-refractivity contribution in [3.63, 3.8) is 0 Å². The Labute approximate surface area is 123 Å². The number of alkyl halides is 2. The van der Waals surface area contributed by atoms with Gasteiger partial charge in [0.15, 0.2) is 0 Å². The summed E-state index contributed by atoms with van der Waals surface area (Å²) in [4.78, 5) is 16.1. The zero-order valence-electron chi connectivity index (χ0n) is 10.0. The monoisotopic (exact) mass is 314 g/mol. The highest BCUT2D eigenvalue weighted by Gasteiger charge is 2.08. The molecule has 0 bridgehead atoms. The molecule has 0 spiro atoms. The van der Waals surface area contributed by atoms with Gasteiger partial charge in [0.1, 0.15) is 5.15 Å². The van der Waals surface area contributed by atoms with Crippen molar-refractivity contribution < 1.29 is 13.6 Å². The van der Waals surface area contributed by atoms with Crippen LogP contribution in [0.25, 0.3) is 0 Å². The molecule has 1 aromatic heterocycles. The maximum atomic E-state index is 12.2. The zero-order chi connectivity index (χ0) is 14.5. The number of anilines is 1. The van der Waals surface area contributed by atoms with Crippen molar-refractivity contribution in [2.24, 2.45) is 0 Å². The molecule has 3 nitrogen and oxygen atoms in total. The molecular formula is C13H9ClF2N2OS. The van der Waals surface area contributed by atoms with Crippen LogP contribution in [0.2, 0.25) is 5.15 Å². The van der Waals surface area contributed by atoms with Crippen LogP contribution in [0.5, 0.6) is 0 Å². The average molecular weight is 315 g/mol. The van der Waals surface area contributed by atoms with Gasteiger partial charge in [-0.05, 0) is 36.4 Å². The van der Waals surface area contributed by atoms with Crippen LogP contribution in [0.1, 0.15) is 10.4 Å². The normalized spacial score (nSPS) is 10.6. The van der Waals surface area contributed by atoms with Crippen LogP contribution >= 0.6 is 23.4 Å². The highest BCUT2D eigenvalue weighted by Crippen LogP contribution is 2.26. The summed E-state index contributed by atoms with van der Waals surface area (Å²) >= 11 is 6.15. The van der Waals surface area contributed by atoms with Gasteiger partial charge in [-0.15, -0.1) is 0 Å². The predicted molar refractivity (Wildman–Crippen MR) is 75.5 cm³/mol. The lowest BCUT2D eigenvalue weighted by atomic mass is 10.2. The van der Waals surface area contributed by atoms with E-state index in [0.29, 0.717) is 27.9 Å². The number of pyridine rings is 1. The van der Waals surface area contributed by atoms with E-state index in [1.807, 2.05) is 0 Å². The second kappa shape index (κ2) is 6.67. The van der Waals surface area contributed by atoms with E-state index in [-0.39, 0.29) is 11.1 Å². The fraction of sp³-hybridized carbons (Fsp3) is 0.0769. The molecular weight excluding hydrogens is 306 g/mol.